The van der Waals surface area contributed by atoms with Gasteiger partial charge in [-0.05, 0) is 12.1 Å². The van der Waals surface area contributed by atoms with Crippen LogP contribution in [0.25, 0.3) is 11.0 Å². The third-order valence-corrected chi connectivity index (χ3v) is 2.19. The van der Waals surface area contributed by atoms with E-state index in [1.54, 1.807) is 6.07 Å². The van der Waals surface area contributed by atoms with Crippen molar-refractivity contribution in [3.8, 4) is 0 Å². The second-order valence-corrected chi connectivity index (χ2v) is 3.67. The van der Waals surface area contributed by atoms with Crippen LogP contribution < -0.4 is 0 Å². The van der Waals surface area contributed by atoms with Crippen molar-refractivity contribution in [3.63, 3.8) is 0 Å². The van der Waals surface area contributed by atoms with E-state index < -0.39 is 0 Å². The van der Waals surface area contributed by atoms with Gasteiger partial charge in [0.2, 0.25) is 5.78 Å². The van der Waals surface area contributed by atoms with Gasteiger partial charge in [0.1, 0.15) is 5.58 Å². The number of carbonyl (C=O) groups excluding carboxylic acids is 1. The smallest absolute Gasteiger partial charge is 0.200 e. The second-order valence-electron chi connectivity index (χ2n) is 3.67. The van der Waals surface area contributed by atoms with E-state index in [9.17, 15) is 4.79 Å². The maximum Gasteiger partial charge on any atom is 0.200 e. The lowest BCUT2D eigenvalue weighted by Gasteiger charge is -1.97. The van der Waals surface area contributed by atoms with E-state index in [1.807, 2.05) is 38.1 Å². The summed E-state index contributed by atoms with van der Waals surface area (Å²) >= 11 is 0. The monoisotopic (exact) mass is 188 g/mol. The van der Waals surface area contributed by atoms with Gasteiger partial charge in [0.15, 0.2) is 5.76 Å². The Labute approximate surface area is 82.5 Å². The maximum absolute atomic E-state index is 11.6. The first-order valence-corrected chi connectivity index (χ1v) is 4.71. The Kier molecular flexibility index (Phi) is 2.12. The Morgan fingerprint density at radius 1 is 1.29 bits per heavy atom. The molecule has 1 heterocycles. The molecule has 0 N–H and O–H groups in total. The molecule has 2 aromatic rings. The van der Waals surface area contributed by atoms with Crippen molar-refractivity contribution < 1.29 is 9.21 Å². The molecule has 0 aliphatic heterocycles. The molecule has 14 heavy (non-hydrogen) atoms. The van der Waals surface area contributed by atoms with E-state index in [0.717, 1.165) is 11.0 Å². The van der Waals surface area contributed by atoms with Crippen LogP contribution in [0.5, 0.6) is 0 Å². The Morgan fingerprint density at radius 2 is 2.00 bits per heavy atom. The van der Waals surface area contributed by atoms with Crippen LogP contribution in [-0.4, -0.2) is 5.78 Å². The summed E-state index contributed by atoms with van der Waals surface area (Å²) < 4.78 is 5.44. The summed E-state index contributed by atoms with van der Waals surface area (Å²) in [4.78, 5) is 11.6. The quantitative estimate of drug-likeness (QED) is 0.677. The van der Waals surface area contributed by atoms with Gasteiger partial charge in [-0.2, -0.15) is 0 Å². The molecule has 0 saturated heterocycles. The van der Waals surface area contributed by atoms with Crippen molar-refractivity contribution in [2.24, 2.45) is 5.92 Å². The Hall–Kier alpha value is -1.57. The van der Waals surface area contributed by atoms with Crippen molar-refractivity contribution in [2.45, 2.75) is 13.8 Å². The normalized spacial score (nSPS) is 11.1. The van der Waals surface area contributed by atoms with Crippen LogP contribution in [0.1, 0.15) is 24.4 Å². The molecule has 0 atom stereocenters. The van der Waals surface area contributed by atoms with E-state index >= 15 is 0 Å². The molecular weight excluding hydrogens is 176 g/mol. The number of fused-ring (bicyclic) bond motifs is 1. The van der Waals surface area contributed by atoms with Gasteiger partial charge in [-0.3, -0.25) is 4.79 Å². The highest BCUT2D eigenvalue weighted by molar-refractivity contribution is 5.98. The van der Waals surface area contributed by atoms with Gasteiger partial charge in [-0.25, -0.2) is 0 Å². The van der Waals surface area contributed by atoms with E-state index in [2.05, 4.69) is 0 Å². The van der Waals surface area contributed by atoms with E-state index in [1.165, 1.54) is 0 Å². The fraction of sp³-hybridized carbons (Fsp3) is 0.250. The summed E-state index contributed by atoms with van der Waals surface area (Å²) in [6.45, 7) is 3.74. The third kappa shape index (κ3) is 1.43. The van der Waals surface area contributed by atoms with Crippen molar-refractivity contribution in [1.82, 2.24) is 0 Å². The van der Waals surface area contributed by atoms with Crippen LogP contribution >= 0.6 is 0 Å². The number of furan rings is 1. The molecule has 0 bridgehead atoms. The summed E-state index contributed by atoms with van der Waals surface area (Å²) in [5.74, 6) is 0.498. The topological polar surface area (TPSA) is 30.2 Å². The Balaban J connectivity index is 2.50. The molecule has 2 nitrogen and oxygen atoms in total. The number of hydrogen-bond donors (Lipinski definition) is 0. The fourth-order valence-electron chi connectivity index (χ4n) is 1.39. The number of rotatable bonds is 2. The molecule has 0 unspecified atom stereocenters. The number of carbonyl (C=O) groups is 1. The lowest BCUT2D eigenvalue weighted by atomic mass is 10.1. The van der Waals surface area contributed by atoms with Crippen LogP contribution in [0.15, 0.2) is 34.7 Å². The number of ketones is 1. The Morgan fingerprint density at radius 3 is 2.64 bits per heavy atom. The molecule has 0 radical (unpaired) electrons. The molecule has 2 rings (SSSR count). The van der Waals surface area contributed by atoms with E-state index in [4.69, 9.17) is 4.42 Å². The summed E-state index contributed by atoms with van der Waals surface area (Å²) in [5, 5.41) is 0.983. The Bertz CT molecular complexity index is 433. The molecular formula is C12H12O2. The van der Waals surface area contributed by atoms with Gasteiger partial charge < -0.3 is 4.42 Å². The molecule has 0 fully saturated rings. The average molecular weight is 188 g/mol. The zero-order chi connectivity index (χ0) is 10.1. The van der Waals surface area contributed by atoms with Gasteiger partial charge >= 0.3 is 0 Å². The molecule has 0 saturated carbocycles. The number of benzene rings is 1. The number of Topliss-reactive ketones (excluding diaryl/α,β-unsaturated/α-hetero) is 1. The van der Waals surface area contributed by atoms with Gasteiger partial charge in [0.25, 0.3) is 0 Å². The first kappa shape index (κ1) is 9.00. The highest BCUT2D eigenvalue weighted by Crippen LogP contribution is 2.20. The van der Waals surface area contributed by atoms with E-state index in [0.29, 0.717) is 5.76 Å². The zero-order valence-corrected chi connectivity index (χ0v) is 8.28. The number of hydrogen-bond acceptors (Lipinski definition) is 2. The highest BCUT2D eigenvalue weighted by atomic mass is 16.3. The summed E-state index contributed by atoms with van der Waals surface area (Å²) in [6, 6.07) is 9.44. The predicted molar refractivity (Wildman–Crippen MR) is 55.4 cm³/mol. The van der Waals surface area contributed by atoms with Gasteiger partial charge in [-0.15, -0.1) is 0 Å². The minimum absolute atomic E-state index is 0.0180. The largest absolute Gasteiger partial charge is 0.453 e. The molecule has 2 heteroatoms. The summed E-state index contributed by atoms with van der Waals surface area (Å²) in [7, 11) is 0. The van der Waals surface area contributed by atoms with Crippen LogP contribution in [0.3, 0.4) is 0 Å². The van der Waals surface area contributed by atoms with Crippen LogP contribution in [-0.2, 0) is 0 Å². The van der Waals surface area contributed by atoms with Crippen molar-refractivity contribution in [3.05, 3.63) is 36.1 Å². The van der Waals surface area contributed by atoms with Crippen molar-refractivity contribution in [1.29, 1.82) is 0 Å². The first-order valence-electron chi connectivity index (χ1n) is 4.71. The minimum atomic E-state index is -0.0180. The lowest BCUT2D eigenvalue weighted by molar-refractivity contribution is 0.0913. The first-order chi connectivity index (χ1) is 6.68. The minimum Gasteiger partial charge on any atom is -0.453 e. The van der Waals surface area contributed by atoms with Crippen molar-refractivity contribution >= 4 is 16.8 Å². The second kappa shape index (κ2) is 3.29. The van der Waals surface area contributed by atoms with E-state index in [-0.39, 0.29) is 11.7 Å². The molecule has 0 aliphatic carbocycles. The van der Waals surface area contributed by atoms with Crippen LogP contribution in [0, 0.1) is 5.92 Å². The summed E-state index contributed by atoms with van der Waals surface area (Å²) in [5.41, 5.74) is 0.775. The van der Waals surface area contributed by atoms with Gasteiger partial charge in [-0.1, -0.05) is 32.0 Å². The van der Waals surface area contributed by atoms with Crippen LogP contribution in [0.4, 0.5) is 0 Å². The zero-order valence-electron chi connectivity index (χ0n) is 8.28. The highest BCUT2D eigenvalue weighted by Gasteiger charge is 2.14. The molecule has 0 spiro atoms. The predicted octanol–water partition coefficient (Wildman–Crippen LogP) is 3.27. The van der Waals surface area contributed by atoms with Crippen molar-refractivity contribution in [2.75, 3.05) is 0 Å². The fourth-order valence-corrected chi connectivity index (χ4v) is 1.39. The maximum atomic E-state index is 11.6. The van der Waals surface area contributed by atoms with Gasteiger partial charge in [0, 0.05) is 11.3 Å². The van der Waals surface area contributed by atoms with Crippen LogP contribution in [0.2, 0.25) is 0 Å². The molecule has 0 aliphatic rings. The summed E-state index contributed by atoms with van der Waals surface area (Å²) in [6.07, 6.45) is 0. The molecule has 0 amide bonds. The molecule has 72 valence electrons. The van der Waals surface area contributed by atoms with Gasteiger partial charge in [0.05, 0.1) is 0 Å². The standard InChI is InChI=1S/C12H12O2/c1-8(2)12(13)11-7-9-5-3-4-6-10(9)14-11/h3-8H,1-2H3. The molecule has 1 aromatic carbocycles. The average Bonchev–Trinajstić information content (AvgIpc) is 2.59. The third-order valence-electron chi connectivity index (χ3n) is 2.19. The number of para-hydroxylation sites is 1. The molecule has 1 aromatic heterocycles. The SMILES string of the molecule is CC(C)C(=O)c1cc2ccccc2o1. The lowest BCUT2D eigenvalue weighted by Crippen LogP contribution is -2.05.